The first-order valence-electron chi connectivity index (χ1n) is 6.78. The van der Waals surface area contributed by atoms with E-state index in [0.29, 0.717) is 10.2 Å². The number of anilines is 1. The Morgan fingerprint density at radius 2 is 2.04 bits per heavy atom. The molecule has 0 atom stereocenters. The van der Waals surface area contributed by atoms with Crippen LogP contribution >= 0.6 is 23.5 Å². The van der Waals surface area contributed by atoms with Crippen molar-refractivity contribution in [3.05, 3.63) is 53.3 Å². The number of thioether (sulfide) groups is 2. The zero-order valence-corrected chi connectivity index (χ0v) is 13.9. The molecule has 114 valence electrons. The Balaban J connectivity index is 1.80. The highest BCUT2D eigenvalue weighted by molar-refractivity contribution is 8.03. The van der Waals surface area contributed by atoms with Crippen molar-refractivity contribution in [1.29, 1.82) is 5.26 Å². The lowest BCUT2D eigenvalue weighted by Crippen LogP contribution is -2.16. The molecule has 0 saturated heterocycles. The van der Waals surface area contributed by atoms with E-state index in [1.54, 1.807) is 18.5 Å². The second kappa shape index (κ2) is 6.86. The Bertz CT molecular complexity index is 814. The van der Waals surface area contributed by atoms with Crippen LogP contribution in [0.2, 0.25) is 0 Å². The molecule has 0 radical (unpaired) electrons. The molecule has 5 nitrogen and oxygen atoms in total. The van der Waals surface area contributed by atoms with E-state index in [-0.39, 0.29) is 17.1 Å². The van der Waals surface area contributed by atoms with E-state index in [1.165, 1.54) is 23.5 Å². The van der Waals surface area contributed by atoms with Crippen molar-refractivity contribution in [2.45, 2.75) is 10.1 Å². The molecule has 3 rings (SSSR count). The smallest absolute Gasteiger partial charge is 0.187 e. The minimum atomic E-state index is -0.216. The van der Waals surface area contributed by atoms with Crippen LogP contribution in [0, 0.1) is 11.3 Å². The molecular formula is C16H12N4OS2. The molecule has 2 heterocycles. The van der Waals surface area contributed by atoms with Crippen molar-refractivity contribution >= 4 is 35.0 Å². The normalized spacial score (nSPS) is 15.0. The number of nitrogens with zero attached hydrogens (tertiary/aromatic N) is 4. The molecule has 1 aliphatic heterocycles. The number of aromatic nitrogens is 2. The third-order valence-corrected chi connectivity index (χ3v) is 5.33. The van der Waals surface area contributed by atoms with Crippen LogP contribution in [-0.4, -0.2) is 28.6 Å². The van der Waals surface area contributed by atoms with E-state index >= 15 is 0 Å². The quantitative estimate of drug-likeness (QED) is 0.366. The van der Waals surface area contributed by atoms with Gasteiger partial charge in [-0.25, -0.2) is 9.97 Å². The first-order valence-corrected chi connectivity index (χ1v) is 8.59. The molecule has 0 saturated carbocycles. The highest BCUT2D eigenvalue weighted by Crippen LogP contribution is 2.46. The fourth-order valence-electron chi connectivity index (χ4n) is 2.11. The van der Waals surface area contributed by atoms with Crippen LogP contribution in [0.3, 0.4) is 0 Å². The van der Waals surface area contributed by atoms with Crippen LogP contribution < -0.4 is 4.90 Å². The SMILES string of the molecule is CN1/C(=C(/C#N)C(=O)CSc2ncccn2)Sc2ccccc21. The maximum absolute atomic E-state index is 12.4. The second-order valence-electron chi connectivity index (χ2n) is 4.66. The molecule has 7 heteroatoms. The van der Waals surface area contributed by atoms with E-state index < -0.39 is 0 Å². The standard InChI is InChI=1S/C16H12N4OS2/c1-20-12-5-2-3-6-14(12)23-15(20)11(9-17)13(21)10-22-16-18-7-4-8-19-16/h2-8H,10H2,1H3/b15-11+. The number of ketones is 1. The molecule has 1 aliphatic rings. The van der Waals surface area contributed by atoms with Gasteiger partial charge in [-0.1, -0.05) is 35.7 Å². The summed E-state index contributed by atoms with van der Waals surface area (Å²) in [6.45, 7) is 0. The molecule has 0 aliphatic carbocycles. The number of rotatable bonds is 4. The molecule has 0 unspecified atom stereocenters. The van der Waals surface area contributed by atoms with Crippen LogP contribution in [-0.2, 0) is 4.79 Å². The zero-order chi connectivity index (χ0) is 16.2. The van der Waals surface area contributed by atoms with Crippen molar-refractivity contribution in [3.8, 4) is 6.07 Å². The van der Waals surface area contributed by atoms with Gasteiger partial charge in [-0.15, -0.1) is 0 Å². The lowest BCUT2D eigenvalue weighted by atomic mass is 10.2. The molecule has 2 aromatic rings. The van der Waals surface area contributed by atoms with Crippen molar-refractivity contribution in [1.82, 2.24) is 9.97 Å². The number of hydrogen-bond acceptors (Lipinski definition) is 7. The molecule has 0 spiro atoms. The molecule has 23 heavy (non-hydrogen) atoms. The van der Waals surface area contributed by atoms with Gasteiger partial charge in [0.15, 0.2) is 10.9 Å². The Morgan fingerprint density at radius 3 is 2.74 bits per heavy atom. The first-order chi connectivity index (χ1) is 11.2. The number of nitriles is 1. The second-order valence-corrected chi connectivity index (χ2v) is 6.64. The van der Waals surface area contributed by atoms with E-state index in [2.05, 4.69) is 16.0 Å². The van der Waals surface area contributed by atoms with Gasteiger partial charge < -0.3 is 4.90 Å². The summed E-state index contributed by atoms with van der Waals surface area (Å²) >= 11 is 2.68. The predicted octanol–water partition coefficient (Wildman–Crippen LogP) is 3.12. The highest BCUT2D eigenvalue weighted by atomic mass is 32.2. The average molecular weight is 340 g/mol. The Kier molecular flexibility index (Phi) is 4.65. The average Bonchev–Trinajstić information content (AvgIpc) is 2.92. The van der Waals surface area contributed by atoms with Crippen LogP contribution in [0.15, 0.2) is 63.4 Å². The van der Waals surface area contributed by atoms with E-state index in [9.17, 15) is 10.1 Å². The highest BCUT2D eigenvalue weighted by Gasteiger charge is 2.27. The van der Waals surface area contributed by atoms with Crippen molar-refractivity contribution < 1.29 is 4.79 Å². The van der Waals surface area contributed by atoms with Gasteiger partial charge in [-0.05, 0) is 18.2 Å². The summed E-state index contributed by atoms with van der Waals surface area (Å²) in [5.41, 5.74) is 1.18. The van der Waals surface area contributed by atoms with Crippen LogP contribution in [0.25, 0.3) is 0 Å². The fourth-order valence-corrected chi connectivity index (χ4v) is 3.95. The number of Topliss-reactive ketones (excluding diaryl/α,β-unsaturated/α-hetero) is 1. The first kappa shape index (κ1) is 15.6. The molecule has 0 N–H and O–H groups in total. The topological polar surface area (TPSA) is 69.9 Å². The van der Waals surface area contributed by atoms with Gasteiger partial charge in [0.05, 0.1) is 11.4 Å². The lowest BCUT2D eigenvalue weighted by Gasteiger charge is -2.14. The van der Waals surface area contributed by atoms with Crippen molar-refractivity contribution in [2.75, 3.05) is 17.7 Å². The van der Waals surface area contributed by atoms with Gasteiger partial charge in [-0.3, -0.25) is 4.79 Å². The molecule has 1 aromatic heterocycles. The van der Waals surface area contributed by atoms with Crippen molar-refractivity contribution in [3.63, 3.8) is 0 Å². The van der Waals surface area contributed by atoms with E-state index in [0.717, 1.165) is 10.6 Å². The Morgan fingerprint density at radius 1 is 1.30 bits per heavy atom. The summed E-state index contributed by atoms with van der Waals surface area (Å²) in [5, 5.41) is 10.6. The van der Waals surface area contributed by atoms with Gasteiger partial charge in [0.2, 0.25) is 0 Å². The molecule has 1 aromatic carbocycles. The minimum absolute atomic E-state index is 0.140. The zero-order valence-electron chi connectivity index (χ0n) is 12.3. The summed E-state index contributed by atoms with van der Waals surface area (Å²) in [4.78, 5) is 23.5. The summed E-state index contributed by atoms with van der Waals surface area (Å²) in [6, 6.07) is 11.6. The maximum atomic E-state index is 12.4. The van der Waals surface area contributed by atoms with Crippen LogP contribution in [0.1, 0.15) is 0 Å². The number of carbonyl (C=O) groups excluding carboxylic acids is 1. The van der Waals surface area contributed by atoms with Crippen LogP contribution in [0.4, 0.5) is 5.69 Å². The number of fused-ring (bicyclic) bond motifs is 1. The third-order valence-electron chi connectivity index (χ3n) is 3.22. The van der Waals surface area contributed by atoms with Crippen molar-refractivity contribution in [2.24, 2.45) is 0 Å². The summed E-state index contributed by atoms with van der Waals surface area (Å²) in [7, 11) is 1.87. The van der Waals surface area contributed by atoms with E-state index in [4.69, 9.17) is 0 Å². The number of benzene rings is 1. The monoisotopic (exact) mass is 340 g/mol. The fraction of sp³-hybridized carbons (Fsp3) is 0.125. The summed E-state index contributed by atoms with van der Waals surface area (Å²) in [6.07, 6.45) is 3.25. The molecule has 0 fully saturated rings. The Hall–Kier alpha value is -2.30. The number of carbonyl (C=O) groups is 1. The predicted molar refractivity (Wildman–Crippen MR) is 91.1 cm³/mol. The lowest BCUT2D eigenvalue weighted by molar-refractivity contribution is -0.112. The van der Waals surface area contributed by atoms with Gasteiger partial charge in [0, 0.05) is 24.3 Å². The Labute approximate surface area is 142 Å². The maximum Gasteiger partial charge on any atom is 0.187 e. The van der Waals surface area contributed by atoms with Gasteiger partial charge in [-0.2, -0.15) is 5.26 Å². The molecular weight excluding hydrogens is 328 g/mol. The van der Waals surface area contributed by atoms with Gasteiger partial charge in [0.1, 0.15) is 16.7 Å². The van der Waals surface area contributed by atoms with Gasteiger partial charge in [0.25, 0.3) is 0 Å². The third kappa shape index (κ3) is 3.23. The molecule has 0 bridgehead atoms. The van der Waals surface area contributed by atoms with E-state index in [1.807, 2.05) is 36.2 Å². The largest absolute Gasteiger partial charge is 0.337 e. The number of para-hydroxylation sites is 1. The minimum Gasteiger partial charge on any atom is -0.337 e. The summed E-state index contributed by atoms with van der Waals surface area (Å²) < 4.78 is 0. The van der Waals surface area contributed by atoms with Gasteiger partial charge >= 0.3 is 0 Å². The molecule has 0 amide bonds. The summed E-state index contributed by atoms with van der Waals surface area (Å²) in [5.74, 6) is -0.0756. The number of allylic oxidation sites excluding steroid dienone is 1. The number of hydrogen-bond donors (Lipinski definition) is 0. The van der Waals surface area contributed by atoms with Crippen LogP contribution in [0.5, 0.6) is 0 Å².